The summed E-state index contributed by atoms with van der Waals surface area (Å²) in [6.07, 6.45) is 5.25. The van der Waals surface area contributed by atoms with Crippen molar-refractivity contribution in [2.75, 3.05) is 18.5 Å². The van der Waals surface area contributed by atoms with E-state index in [4.69, 9.17) is 4.74 Å². The molecule has 0 saturated heterocycles. The van der Waals surface area contributed by atoms with Crippen LogP contribution < -0.4 is 15.4 Å². The third-order valence-corrected chi connectivity index (χ3v) is 7.36. The lowest BCUT2D eigenvalue weighted by molar-refractivity contribution is -0.131. The van der Waals surface area contributed by atoms with Crippen molar-refractivity contribution in [2.24, 2.45) is 5.41 Å². The number of ether oxygens (including phenoxy) is 1. The summed E-state index contributed by atoms with van der Waals surface area (Å²) in [4.78, 5) is 21.1. The number of hydrogen-bond acceptors (Lipinski definition) is 8. The van der Waals surface area contributed by atoms with Crippen LogP contribution in [0.1, 0.15) is 13.8 Å². The number of carbonyl (C=O) groups excluding carboxylic acids is 1. The first-order chi connectivity index (χ1) is 17.9. The van der Waals surface area contributed by atoms with Gasteiger partial charge in [-0.25, -0.2) is 9.97 Å². The summed E-state index contributed by atoms with van der Waals surface area (Å²) < 4.78 is 14.3. The van der Waals surface area contributed by atoms with Gasteiger partial charge in [-0.15, -0.1) is 0 Å². The Balaban J connectivity index is 1.33. The summed E-state index contributed by atoms with van der Waals surface area (Å²) in [5, 5.41) is 16.6. The van der Waals surface area contributed by atoms with Gasteiger partial charge in [-0.3, -0.25) is 4.79 Å². The maximum absolute atomic E-state index is 12.3. The van der Waals surface area contributed by atoms with Crippen molar-refractivity contribution < 1.29 is 14.6 Å². The number of anilines is 2. The Hall–Kier alpha value is -3.54. The molecule has 0 bridgehead atoms. The van der Waals surface area contributed by atoms with E-state index in [0.29, 0.717) is 24.7 Å². The van der Waals surface area contributed by atoms with Crippen LogP contribution in [-0.2, 0) is 11.3 Å². The van der Waals surface area contributed by atoms with Gasteiger partial charge in [-0.2, -0.15) is 4.37 Å². The highest BCUT2D eigenvalue weighted by molar-refractivity contribution is 9.10. The first kappa shape index (κ1) is 25.1. The minimum Gasteiger partial charge on any atom is -0.455 e. The van der Waals surface area contributed by atoms with E-state index in [9.17, 15) is 9.90 Å². The Morgan fingerprint density at radius 3 is 2.86 bits per heavy atom. The number of amides is 1. The molecule has 0 atom stereocenters. The van der Waals surface area contributed by atoms with E-state index in [1.165, 1.54) is 17.9 Å². The SMILES string of the molecule is CC(C)(CO)C(=O)NCCn1ccc2ncnc(Nc3ccc(Oc4cccc5sncc45)c(Br)c3)c21. The van der Waals surface area contributed by atoms with Gasteiger partial charge in [0.05, 0.1) is 38.3 Å². The van der Waals surface area contributed by atoms with Crippen LogP contribution in [0.15, 0.2) is 65.7 Å². The number of carbonyl (C=O) groups is 1. The molecule has 3 aromatic heterocycles. The van der Waals surface area contributed by atoms with E-state index in [0.717, 1.165) is 37.0 Å². The van der Waals surface area contributed by atoms with Gasteiger partial charge in [0, 0.05) is 25.0 Å². The van der Waals surface area contributed by atoms with Crippen LogP contribution in [-0.4, -0.2) is 43.1 Å². The maximum Gasteiger partial charge on any atom is 0.228 e. The van der Waals surface area contributed by atoms with Crippen LogP contribution >= 0.6 is 27.5 Å². The number of aliphatic hydroxyl groups is 1. The maximum atomic E-state index is 12.3. The molecule has 190 valence electrons. The number of halogens is 1. The summed E-state index contributed by atoms with van der Waals surface area (Å²) in [5.41, 5.74) is 1.60. The summed E-state index contributed by atoms with van der Waals surface area (Å²) >= 11 is 5.06. The minimum absolute atomic E-state index is 0.195. The molecule has 2 aromatic carbocycles. The molecule has 0 aliphatic rings. The monoisotopic (exact) mass is 580 g/mol. The first-order valence-electron chi connectivity index (χ1n) is 11.6. The topological polar surface area (TPSA) is 114 Å². The Labute approximate surface area is 225 Å². The molecule has 5 aromatic rings. The number of rotatable bonds is 9. The van der Waals surface area contributed by atoms with Crippen LogP contribution in [0.4, 0.5) is 11.5 Å². The molecule has 0 aliphatic carbocycles. The molecule has 0 spiro atoms. The molecule has 0 unspecified atom stereocenters. The van der Waals surface area contributed by atoms with Crippen molar-refractivity contribution in [1.82, 2.24) is 24.2 Å². The number of benzene rings is 2. The molecule has 11 heteroatoms. The molecule has 5 rings (SSSR count). The van der Waals surface area contributed by atoms with Crippen LogP contribution in [0, 0.1) is 5.41 Å². The summed E-state index contributed by atoms with van der Waals surface area (Å²) in [6, 6.07) is 13.5. The number of nitrogens with one attached hydrogen (secondary N) is 2. The van der Waals surface area contributed by atoms with E-state index in [2.05, 4.69) is 40.9 Å². The fourth-order valence-corrected chi connectivity index (χ4v) is 4.91. The normalized spacial score (nSPS) is 11.7. The van der Waals surface area contributed by atoms with Crippen molar-refractivity contribution in [3.63, 3.8) is 0 Å². The van der Waals surface area contributed by atoms with Gasteiger partial charge in [-0.05, 0) is 77.7 Å². The molecular weight excluding hydrogens is 556 g/mol. The van der Waals surface area contributed by atoms with Crippen molar-refractivity contribution in [2.45, 2.75) is 20.4 Å². The smallest absolute Gasteiger partial charge is 0.228 e. The van der Waals surface area contributed by atoms with Gasteiger partial charge in [0.2, 0.25) is 5.91 Å². The van der Waals surface area contributed by atoms with Gasteiger partial charge in [0.25, 0.3) is 0 Å². The third-order valence-electron chi connectivity index (χ3n) is 5.97. The highest BCUT2D eigenvalue weighted by atomic mass is 79.9. The van der Waals surface area contributed by atoms with Crippen LogP contribution in [0.3, 0.4) is 0 Å². The van der Waals surface area contributed by atoms with Crippen LogP contribution in [0.25, 0.3) is 21.1 Å². The largest absolute Gasteiger partial charge is 0.455 e. The molecule has 3 N–H and O–H groups in total. The standard InChI is InChI=1S/C26H25BrN6O3S/c1-26(2,14-34)25(35)28-9-11-33-10-8-19-23(33)24(30-15-29-19)32-16-6-7-21(18(27)12-16)36-20-4-3-5-22-17(20)13-31-37-22/h3-8,10,12-13,15,34H,9,11,14H2,1-2H3,(H,28,35)(H,29,30,32). The molecule has 37 heavy (non-hydrogen) atoms. The highest BCUT2D eigenvalue weighted by Gasteiger charge is 2.26. The van der Waals surface area contributed by atoms with Crippen LogP contribution in [0.2, 0.25) is 0 Å². The molecule has 0 aliphatic heterocycles. The quantitative estimate of drug-likeness (QED) is 0.211. The van der Waals surface area contributed by atoms with Crippen molar-refractivity contribution in [1.29, 1.82) is 0 Å². The van der Waals surface area contributed by atoms with E-state index in [-0.39, 0.29) is 12.5 Å². The number of nitrogens with zero attached hydrogens (tertiary/aromatic N) is 4. The van der Waals surface area contributed by atoms with E-state index in [1.807, 2.05) is 59.4 Å². The second-order valence-corrected chi connectivity index (χ2v) is 10.8. The molecule has 0 fully saturated rings. The van der Waals surface area contributed by atoms with Gasteiger partial charge in [0.1, 0.15) is 23.3 Å². The highest BCUT2D eigenvalue weighted by Crippen LogP contribution is 2.37. The van der Waals surface area contributed by atoms with Crippen molar-refractivity contribution >= 4 is 66.0 Å². The number of aromatic nitrogens is 4. The average molecular weight is 581 g/mol. The minimum atomic E-state index is -0.828. The Morgan fingerprint density at radius 2 is 2.05 bits per heavy atom. The fourth-order valence-electron chi connectivity index (χ4n) is 3.78. The zero-order valence-corrected chi connectivity index (χ0v) is 22.6. The van der Waals surface area contributed by atoms with E-state index in [1.54, 1.807) is 13.8 Å². The third kappa shape index (κ3) is 5.29. The molecular formula is C26H25BrN6O3S. The number of aliphatic hydroxyl groups excluding tert-OH is 1. The lowest BCUT2D eigenvalue weighted by Crippen LogP contribution is -2.40. The molecule has 1 amide bonds. The molecule has 0 saturated carbocycles. The van der Waals surface area contributed by atoms with Gasteiger partial charge < -0.3 is 25.0 Å². The second-order valence-electron chi connectivity index (χ2n) is 9.13. The van der Waals surface area contributed by atoms with Gasteiger partial charge in [-0.1, -0.05) is 6.07 Å². The van der Waals surface area contributed by atoms with Crippen molar-refractivity contribution in [3.8, 4) is 11.5 Å². The number of hydrogen-bond donors (Lipinski definition) is 3. The zero-order valence-electron chi connectivity index (χ0n) is 20.2. The zero-order chi connectivity index (χ0) is 26.0. The number of fused-ring (bicyclic) bond motifs is 2. The summed E-state index contributed by atoms with van der Waals surface area (Å²) in [6.45, 7) is 4.13. The van der Waals surface area contributed by atoms with Crippen molar-refractivity contribution in [3.05, 3.63) is 65.7 Å². The van der Waals surface area contributed by atoms with Gasteiger partial charge in [0.15, 0.2) is 5.82 Å². The Kier molecular flexibility index (Phi) is 7.09. The first-order valence-corrected chi connectivity index (χ1v) is 13.2. The van der Waals surface area contributed by atoms with Crippen LogP contribution in [0.5, 0.6) is 11.5 Å². The molecule has 3 heterocycles. The summed E-state index contributed by atoms with van der Waals surface area (Å²) in [5.74, 6) is 1.88. The molecule has 9 nitrogen and oxygen atoms in total. The Morgan fingerprint density at radius 1 is 1.19 bits per heavy atom. The predicted octanol–water partition coefficient (Wildman–Crippen LogP) is 5.47. The molecule has 0 radical (unpaired) electrons. The average Bonchev–Trinajstić information content (AvgIpc) is 3.54. The lowest BCUT2D eigenvalue weighted by Gasteiger charge is -2.20. The second kappa shape index (κ2) is 10.4. The predicted molar refractivity (Wildman–Crippen MR) is 149 cm³/mol. The van der Waals surface area contributed by atoms with E-state index < -0.39 is 5.41 Å². The van der Waals surface area contributed by atoms with E-state index >= 15 is 0 Å². The summed E-state index contributed by atoms with van der Waals surface area (Å²) in [7, 11) is 0. The van der Waals surface area contributed by atoms with Gasteiger partial charge >= 0.3 is 0 Å². The Bertz CT molecular complexity index is 1580. The lowest BCUT2D eigenvalue weighted by atomic mass is 9.94. The fraction of sp³-hybridized carbons (Fsp3) is 0.231.